The number of amides is 1. The first kappa shape index (κ1) is 22.0. The fourth-order valence-corrected chi connectivity index (χ4v) is 4.76. The van der Waals surface area contributed by atoms with Gasteiger partial charge in [-0.25, -0.2) is 8.42 Å². The monoisotopic (exact) mass is 440 g/mol. The highest BCUT2D eigenvalue weighted by atomic mass is 32.2. The molecule has 2 aromatic rings. The lowest BCUT2D eigenvalue weighted by Crippen LogP contribution is -2.35. The Morgan fingerprint density at radius 3 is 2.47 bits per heavy atom. The van der Waals surface area contributed by atoms with Crippen molar-refractivity contribution in [2.75, 3.05) is 25.5 Å². The Labute approximate surface area is 173 Å². The maximum absolute atomic E-state index is 12.8. The second kappa shape index (κ2) is 9.40. The topological polar surface area (TPSA) is 84.9 Å². The molecule has 0 unspecified atom stereocenters. The molecule has 0 atom stereocenters. The smallest absolute Gasteiger partial charge is 0.387 e. The van der Waals surface area contributed by atoms with Crippen LogP contribution in [0.4, 0.5) is 14.5 Å². The summed E-state index contributed by atoms with van der Waals surface area (Å²) in [6.07, 6.45) is 2.60. The number of hydrogen-bond acceptors (Lipinski definition) is 5. The third kappa shape index (κ3) is 5.06. The summed E-state index contributed by atoms with van der Waals surface area (Å²) in [6, 6.07) is 9.77. The highest BCUT2D eigenvalue weighted by Crippen LogP contribution is 2.31. The number of methoxy groups -OCH3 is 1. The number of nitrogens with one attached hydrogen (secondary N) is 1. The van der Waals surface area contributed by atoms with Gasteiger partial charge in [-0.2, -0.15) is 13.1 Å². The van der Waals surface area contributed by atoms with E-state index in [9.17, 15) is 22.0 Å². The standard InChI is InChI=1S/C20H22F2N2O5S/c1-28-17-9-8-15(13-18(17)29-20(21)22)23-19(25)14-6-5-7-16(12-14)30(26,27)24-10-3-2-4-11-24/h5-9,12-13,20H,2-4,10-11H2,1H3,(H,23,25). The van der Waals surface area contributed by atoms with Gasteiger partial charge in [0, 0.05) is 30.4 Å². The van der Waals surface area contributed by atoms with Crippen LogP contribution in [-0.2, 0) is 10.0 Å². The van der Waals surface area contributed by atoms with Crippen molar-refractivity contribution in [2.45, 2.75) is 30.8 Å². The van der Waals surface area contributed by atoms with Crippen molar-refractivity contribution in [3.8, 4) is 11.5 Å². The van der Waals surface area contributed by atoms with Crippen molar-refractivity contribution >= 4 is 21.6 Å². The van der Waals surface area contributed by atoms with E-state index in [0.717, 1.165) is 19.3 Å². The molecule has 0 spiro atoms. The van der Waals surface area contributed by atoms with Crippen molar-refractivity contribution in [1.82, 2.24) is 4.31 Å². The highest BCUT2D eigenvalue weighted by molar-refractivity contribution is 7.89. The molecule has 3 rings (SSSR count). The summed E-state index contributed by atoms with van der Waals surface area (Å²) >= 11 is 0. The average Bonchev–Trinajstić information content (AvgIpc) is 2.74. The van der Waals surface area contributed by atoms with Crippen LogP contribution in [0.25, 0.3) is 0 Å². The van der Waals surface area contributed by atoms with Gasteiger partial charge in [0.15, 0.2) is 11.5 Å². The second-order valence-corrected chi connectivity index (χ2v) is 8.63. The van der Waals surface area contributed by atoms with Crippen LogP contribution in [-0.4, -0.2) is 45.4 Å². The Morgan fingerprint density at radius 1 is 1.07 bits per heavy atom. The molecular formula is C20H22F2N2O5S. The van der Waals surface area contributed by atoms with E-state index >= 15 is 0 Å². The molecule has 1 saturated heterocycles. The average molecular weight is 440 g/mol. The third-order valence-corrected chi connectivity index (χ3v) is 6.58. The van der Waals surface area contributed by atoms with Gasteiger partial charge in [0.1, 0.15) is 0 Å². The van der Waals surface area contributed by atoms with E-state index in [1.54, 1.807) is 0 Å². The number of rotatable bonds is 7. The van der Waals surface area contributed by atoms with Gasteiger partial charge in [0.05, 0.1) is 12.0 Å². The largest absolute Gasteiger partial charge is 0.493 e. The summed E-state index contributed by atoms with van der Waals surface area (Å²) in [6.45, 7) is -2.14. The lowest BCUT2D eigenvalue weighted by molar-refractivity contribution is -0.0511. The maximum atomic E-state index is 12.8. The van der Waals surface area contributed by atoms with Crippen molar-refractivity contribution < 1.29 is 31.5 Å². The minimum absolute atomic E-state index is 0.0357. The number of benzene rings is 2. The van der Waals surface area contributed by atoms with Crippen LogP contribution in [0.2, 0.25) is 0 Å². The number of ether oxygens (including phenoxy) is 2. The van der Waals surface area contributed by atoms with E-state index in [1.165, 1.54) is 53.9 Å². The van der Waals surface area contributed by atoms with Gasteiger partial charge in [-0.05, 0) is 43.2 Å². The summed E-state index contributed by atoms with van der Waals surface area (Å²) in [4.78, 5) is 12.7. The normalized spacial score (nSPS) is 15.1. The molecule has 30 heavy (non-hydrogen) atoms. The predicted molar refractivity (Wildman–Crippen MR) is 107 cm³/mol. The van der Waals surface area contributed by atoms with Crippen LogP contribution in [0.5, 0.6) is 11.5 Å². The van der Waals surface area contributed by atoms with Gasteiger partial charge in [-0.15, -0.1) is 0 Å². The Balaban J connectivity index is 1.80. The number of piperidine rings is 1. The Kier molecular flexibility index (Phi) is 6.88. The molecule has 0 aromatic heterocycles. The number of anilines is 1. The number of halogens is 2. The third-order valence-electron chi connectivity index (χ3n) is 4.69. The predicted octanol–water partition coefficient (Wildman–Crippen LogP) is 3.72. The Morgan fingerprint density at radius 2 is 1.80 bits per heavy atom. The van der Waals surface area contributed by atoms with Crippen LogP contribution < -0.4 is 14.8 Å². The van der Waals surface area contributed by atoms with Gasteiger partial charge in [-0.3, -0.25) is 4.79 Å². The maximum Gasteiger partial charge on any atom is 0.387 e. The van der Waals surface area contributed by atoms with Crippen molar-refractivity contribution in [1.29, 1.82) is 0 Å². The van der Waals surface area contributed by atoms with E-state index in [-0.39, 0.29) is 27.6 Å². The van der Waals surface area contributed by atoms with Crippen LogP contribution in [0.15, 0.2) is 47.4 Å². The lowest BCUT2D eigenvalue weighted by Gasteiger charge is -2.26. The summed E-state index contributed by atoms with van der Waals surface area (Å²) in [7, 11) is -2.38. The van der Waals surface area contributed by atoms with Crippen LogP contribution >= 0.6 is 0 Å². The SMILES string of the molecule is COc1ccc(NC(=O)c2cccc(S(=O)(=O)N3CCCCC3)c2)cc1OC(F)F. The molecular weight excluding hydrogens is 418 g/mol. The molecule has 0 bridgehead atoms. The van der Waals surface area contributed by atoms with E-state index in [0.29, 0.717) is 13.1 Å². The summed E-state index contributed by atoms with van der Waals surface area (Å²) in [5, 5.41) is 2.55. The van der Waals surface area contributed by atoms with E-state index in [2.05, 4.69) is 10.1 Å². The molecule has 7 nitrogen and oxygen atoms in total. The van der Waals surface area contributed by atoms with Gasteiger partial charge < -0.3 is 14.8 Å². The molecule has 0 radical (unpaired) electrons. The first-order chi connectivity index (χ1) is 14.3. The van der Waals surface area contributed by atoms with E-state index < -0.39 is 22.5 Å². The molecule has 0 aliphatic carbocycles. The van der Waals surface area contributed by atoms with Crippen LogP contribution in [0.1, 0.15) is 29.6 Å². The van der Waals surface area contributed by atoms with Crippen molar-refractivity contribution in [3.05, 3.63) is 48.0 Å². The first-order valence-corrected chi connectivity index (χ1v) is 10.8. The quantitative estimate of drug-likeness (QED) is 0.709. The zero-order valence-corrected chi connectivity index (χ0v) is 17.1. The van der Waals surface area contributed by atoms with Crippen molar-refractivity contribution in [2.24, 2.45) is 0 Å². The molecule has 1 N–H and O–H groups in total. The molecule has 1 heterocycles. The first-order valence-electron chi connectivity index (χ1n) is 9.35. The fourth-order valence-electron chi connectivity index (χ4n) is 3.20. The minimum Gasteiger partial charge on any atom is -0.493 e. The van der Waals surface area contributed by atoms with Gasteiger partial charge >= 0.3 is 6.61 Å². The Hall–Kier alpha value is -2.72. The molecule has 162 valence electrons. The highest BCUT2D eigenvalue weighted by Gasteiger charge is 2.26. The molecule has 1 aliphatic rings. The van der Waals surface area contributed by atoms with Gasteiger partial charge in [0.2, 0.25) is 10.0 Å². The molecule has 2 aromatic carbocycles. The van der Waals surface area contributed by atoms with E-state index in [1.807, 2.05) is 0 Å². The Bertz CT molecular complexity index is 1010. The summed E-state index contributed by atoms with van der Waals surface area (Å²) in [5.41, 5.74) is 0.320. The molecule has 1 amide bonds. The lowest BCUT2D eigenvalue weighted by atomic mass is 10.2. The van der Waals surface area contributed by atoms with E-state index in [4.69, 9.17) is 4.74 Å². The van der Waals surface area contributed by atoms with Crippen molar-refractivity contribution in [3.63, 3.8) is 0 Å². The summed E-state index contributed by atoms with van der Waals surface area (Å²) in [5.74, 6) is -0.728. The second-order valence-electron chi connectivity index (χ2n) is 6.69. The van der Waals surface area contributed by atoms with Gasteiger partial charge in [-0.1, -0.05) is 12.5 Å². The molecule has 1 fully saturated rings. The van der Waals surface area contributed by atoms with Crippen LogP contribution in [0.3, 0.4) is 0 Å². The number of sulfonamides is 1. The fraction of sp³-hybridized carbons (Fsp3) is 0.350. The number of hydrogen-bond donors (Lipinski definition) is 1. The number of alkyl halides is 2. The molecule has 0 saturated carbocycles. The summed E-state index contributed by atoms with van der Waals surface area (Å²) < 4.78 is 61.6. The zero-order valence-electron chi connectivity index (χ0n) is 16.3. The zero-order chi connectivity index (χ0) is 21.7. The van der Waals surface area contributed by atoms with Gasteiger partial charge in [0.25, 0.3) is 5.91 Å². The molecule has 1 aliphatic heterocycles. The number of carbonyl (C=O) groups excluding carboxylic acids is 1. The minimum atomic E-state index is -3.69. The molecule has 10 heteroatoms. The number of nitrogens with zero attached hydrogens (tertiary/aromatic N) is 1. The number of carbonyl (C=O) groups is 1. The van der Waals surface area contributed by atoms with Crippen LogP contribution in [0, 0.1) is 0 Å².